The van der Waals surface area contributed by atoms with Crippen LogP contribution >= 0.6 is 11.8 Å². The van der Waals surface area contributed by atoms with Gasteiger partial charge >= 0.3 is 0 Å². The normalized spacial score (nSPS) is 12.3. The van der Waals surface area contributed by atoms with Gasteiger partial charge in [-0.1, -0.05) is 44.5 Å². The average molecular weight is 301 g/mol. The van der Waals surface area contributed by atoms with Crippen LogP contribution in [0.25, 0.3) is 0 Å². The second-order valence-corrected chi connectivity index (χ2v) is 6.00. The molecular weight excluding hydrogens is 278 g/mol. The second-order valence-electron chi connectivity index (χ2n) is 4.96. The molecule has 1 aromatic carbocycles. The number of thioether (sulfide) groups is 1. The van der Waals surface area contributed by atoms with Crippen molar-refractivity contribution in [2.45, 2.75) is 37.8 Å². The van der Waals surface area contributed by atoms with Gasteiger partial charge < -0.3 is 5.32 Å². The Hall–Kier alpha value is -1.39. The van der Waals surface area contributed by atoms with Gasteiger partial charge in [-0.25, -0.2) is 9.97 Å². The van der Waals surface area contributed by atoms with Crippen molar-refractivity contribution in [3.8, 4) is 0 Å². The summed E-state index contributed by atoms with van der Waals surface area (Å²) in [4.78, 5) is 8.22. The van der Waals surface area contributed by atoms with Crippen LogP contribution in [0.5, 0.6) is 0 Å². The van der Waals surface area contributed by atoms with E-state index in [9.17, 15) is 0 Å². The van der Waals surface area contributed by atoms with E-state index in [1.807, 2.05) is 6.07 Å². The number of nitrogens with zero attached hydrogens (tertiary/aromatic N) is 2. The Bertz CT molecular complexity index is 513. The zero-order chi connectivity index (χ0) is 14.9. The van der Waals surface area contributed by atoms with Gasteiger partial charge in [-0.15, -0.1) is 11.8 Å². The minimum absolute atomic E-state index is 0.352. The lowest BCUT2D eigenvalue weighted by molar-refractivity contribution is 0.605. The first-order chi connectivity index (χ1) is 10.3. The van der Waals surface area contributed by atoms with E-state index in [0.717, 1.165) is 23.7 Å². The summed E-state index contributed by atoms with van der Waals surface area (Å²) < 4.78 is 0. The van der Waals surface area contributed by atoms with Crippen LogP contribution in [0, 0.1) is 0 Å². The maximum Gasteiger partial charge on any atom is 0.116 e. The van der Waals surface area contributed by atoms with E-state index in [4.69, 9.17) is 0 Å². The molecule has 0 saturated carbocycles. The molecule has 3 nitrogen and oxygen atoms in total. The molecule has 0 fully saturated rings. The summed E-state index contributed by atoms with van der Waals surface area (Å²) in [6.07, 6.45) is 5.74. The van der Waals surface area contributed by atoms with Crippen LogP contribution in [0.2, 0.25) is 0 Å². The van der Waals surface area contributed by atoms with Gasteiger partial charge in [-0.3, -0.25) is 0 Å². The molecule has 0 radical (unpaired) electrons. The van der Waals surface area contributed by atoms with Crippen LogP contribution in [0.15, 0.2) is 47.9 Å². The summed E-state index contributed by atoms with van der Waals surface area (Å²) in [5.41, 5.74) is 2.76. The Morgan fingerprint density at radius 3 is 2.57 bits per heavy atom. The molecule has 0 spiro atoms. The Kier molecular flexibility index (Phi) is 6.70. The van der Waals surface area contributed by atoms with Crippen LogP contribution in [0.4, 0.5) is 0 Å². The van der Waals surface area contributed by atoms with Gasteiger partial charge in [0, 0.05) is 18.0 Å². The van der Waals surface area contributed by atoms with Crippen molar-refractivity contribution in [1.82, 2.24) is 15.3 Å². The smallest absolute Gasteiger partial charge is 0.116 e. The lowest BCUT2D eigenvalue weighted by atomic mass is 10.0. The summed E-state index contributed by atoms with van der Waals surface area (Å²) in [7, 11) is 0. The molecule has 2 rings (SSSR count). The van der Waals surface area contributed by atoms with Crippen LogP contribution in [-0.4, -0.2) is 22.3 Å². The predicted molar refractivity (Wildman–Crippen MR) is 89.6 cm³/mol. The predicted octanol–water partition coefficient (Wildman–Crippen LogP) is 3.87. The molecule has 1 atom stereocenters. The molecule has 21 heavy (non-hydrogen) atoms. The van der Waals surface area contributed by atoms with Crippen LogP contribution in [0.3, 0.4) is 0 Å². The summed E-state index contributed by atoms with van der Waals surface area (Å²) in [5, 5.41) is 4.58. The molecule has 2 aromatic rings. The number of nitrogens with one attached hydrogen (secondary N) is 1. The molecule has 112 valence electrons. The largest absolute Gasteiger partial charge is 0.309 e. The van der Waals surface area contributed by atoms with Gasteiger partial charge in [0.2, 0.25) is 0 Å². The van der Waals surface area contributed by atoms with Crippen molar-refractivity contribution in [1.29, 1.82) is 0 Å². The number of hydrogen-bond acceptors (Lipinski definition) is 4. The summed E-state index contributed by atoms with van der Waals surface area (Å²) in [6.45, 7) is 5.33. The quantitative estimate of drug-likeness (QED) is 0.593. The first-order valence-corrected chi connectivity index (χ1v) is 8.53. The highest BCUT2D eigenvalue weighted by Crippen LogP contribution is 2.23. The number of aromatic nitrogens is 2. The fraction of sp³-hybridized carbons (Fsp3) is 0.412. The zero-order valence-corrected chi connectivity index (χ0v) is 13.6. The van der Waals surface area contributed by atoms with Gasteiger partial charge in [0.25, 0.3) is 0 Å². The average Bonchev–Trinajstić information content (AvgIpc) is 2.54. The Morgan fingerprint density at radius 1 is 1.14 bits per heavy atom. The van der Waals surface area contributed by atoms with E-state index in [1.54, 1.807) is 24.3 Å². The van der Waals surface area contributed by atoms with Gasteiger partial charge in [-0.2, -0.15) is 0 Å². The van der Waals surface area contributed by atoms with Crippen LogP contribution < -0.4 is 5.32 Å². The molecule has 0 bridgehead atoms. The van der Waals surface area contributed by atoms with Crippen LogP contribution in [0.1, 0.15) is 37.4 Å². The first kappa shape index (κ1) is 16.0. The third-order valence-corrected chi connectivity index (χ3v) is 4.36. The third kappa shape index (κ3) is 5.14. The third-order valence-electron chi connectivity index (χ3n) is 3.32. The van der Waals surface area contributed by atoms with E-state index < -0.39 is 0 Å². The highest BCUT2D eigenvalue weighted by Gasteiger charge is 2.11. The van der Waals surface area contributed by atoms with Crippen molar-refractivity contribution in [3.63, 3.8) is 0 Å². The highest BCUT2D eigenvalue weighted by molar-refractivity contribution is 7.99. The molecule has 0 aliphatic heterocycles. The number of hydrogen-bond donors (Lipinski definition) is 1. The fourth-order valence-electron chi connectivity index (χ4n) is 2.26. The van der Waals surface area contributed by atoms with E-state index in [0.29, 0.717) is 6.04 Å². The molecule has 0 aliphatic rings. The molecule has 0 saturated heterocycles. The molecule has 1 heterocycles. The first-order valence-electron chi connectivity index (χ1n) is 7.54. The minimum Gasteiger partial charge on any atom is -0.309 e. The van der Waals surface area contributed by atoms with E-state index >= 15 is 0 Å². The zero-order valence-electron chi connectivity index (χ0n) is 12.7. The molecular formula is C17H23N3S. The molecule has 1 aromatic heterocycles. The standard InChI is InChI=1S/C17H23N3S/c1-3-5-14-6-8-15(9-7-14)16(19-4-2)12-21-17-10-11-18-13-20-17/h6-11,13,16,19H,3-5,12H2,1-2H3. The summed E-state index contributed by atoms with van der Waals surface area (Å²) >= 11 is 1.76. The Morgan fingerprint density at radius 2 is 1.95 bits per heavy atom. The highest BCUT2D eigenvalue weighted by atomic mass is 32.2. The monoisotopic (exact) mass is 301 g/mol. The van der Waals surface area contributed by atoms with Crippen LogP contribution in [-0.2, 0) is 6.42 Å². The maximum absolute atomic E-state index is 4.27. The fourth-order valence-corrected chi connectivity index (χ4v) is 3.18. The molecule has 4 heteroatoms. The maximum atomic E-state index is 4.27. The van der Waals surface area contributed by atoms with Gasteiger partial charge in [0.1, 0.15) is 6.33 Å². The molecule has 1 unspecified atom stereocenters. The van der Waals surface area contributed by atoms with E-state index in [1.165, 1.54) is 17.5 Å². The van der Waals surface area contributed by atoms with Crippen molar-refractivity contribution >= 4 is 11.8 Å². The Labute approximate surface area is 131 Å². The SMILES string of the molecule is CCCc1ccc(C(CSc2ccncn2)NCC)cc1. The van der Waals surface area contributed by atoms with Crippen molar-refractivity contribution in [2.75, 3.05) is 12.3 Å². The van der Waals surface area contributed by atoms with Crippen molar-refractivity contribution in [3.05, 3.63) is 54.0 Å². The minimum atomic E-state index is 0.352. The topological polar surface area (TPSA) is 37.8 Å². The lowest BCUT2D eigenvalue weighted by Gasteiger charge is -2.18. The number of benzene rings is 1. The van der Waals surface area contributed by atoms with Gasteiger partial charge in [0.15, 0.2) is 0 Å². The van der Waals surface area contributed by atoms with Gasteiger partial charge in [0.05, 0.1) is 5.03 Å². The Balaban J connectivity index is 2.00. The summed E-state index contributed by atoms with van der Waals surface area (Å²) in [5.74, 6) is 0.970. The lowest BCUT2D eigenvalue weighted by Crippen LogP contribution is -2.23. The second kappa shape index (κ2) is 8.80. The van der Waals surface area contributed by atoms with Crippen molar-refractivity contribution < 1.29 is 0 Å². The van der Waals surface area contributed by atoms with E-state index in [-0.39, 0.29) is 0 Å². The molecule has 0 aliphatic carbocycles. The number of rotatable bonds is 8. The number of aryl methyl sites for hydroxylation is 1. The summed E-state index contributed by atoms with van der Waals surface area (Å²) in [6, 6.07) is 11.3. The van der Waals surface area contributed by atoms with Crippen molar-refractivity contribution in [2.24, 2.45) is 0 Å². The molecule has 1 N–H and O–H groups in total. The van der Waals surface area contributed by atoms with Gasteiger partial charge in [-0.05, 0) is 30.2 Å². The van der Waals surface area contributed by atoms with E-state index in [2.05, 4.69) is 53.4 Å². The molecule has 0 amide bonds.